The Hall–Kier alpha value is -1.23. The molecular formula is C10H14N4S. The van der Waals surface area contributed by atoms with Crippen LogP contribution in [0.5, 0.6) is 0 Å². The molecule has 0 aliphatic rings. The lowest BCUT2D eigenvalue weighted by Crippen LogP contribution is -2.05. The highest BCUT2D eigenvalue weighted by atomic mass is 32.2. The van der Waals surface area contributed by atoms with Crippen molar-refractivity contribution in [3.05, 3.63) is 24.5 Å². The standard InChI is InChI=1S/C10H14N4S/c1-15-8-2-5-11-9-4-7-14-10(13-9)3-6-12-14/h3-4,6-7H,2,5,8H2,1H3,(H,11,13). The number of aromatic nitrogens is 3. The Morgan fingerprint density at radius 1 is 1.47 bits per heavy atom. The minimum atomic E-state index is 0.880. The monoisotopic (exact) mass is 222 g/mol. The van der Waals surface area contributed by atoms with Crippen LogP contribution in [0.15, 0.2) is 24.5 Å². The smallest absolute Gasteiger partial charge is 0.157 e. The van der Waals surface area contributed by atoms with Gasteiger partial charge in [0.15, 0.2) is 5.65 Å². The molecule has 2 rings (SSSR count). The first-order chi connectivity index (χ1) is 7.40. The molecule has 0 unspecified atom stereocenters. The highest BCUT2D eigenvalue weighted by molar-refractivity contribution is 7.98. The van der Waals surface area contributed by atoms with Crippen LogP contribution in [-0.4, -0.2) is 33.2 Å². The van der Waals surface area contributed by atoms with Crippen LogP contribution in [-0.2, 0) is 0 Å². The van der Waals surface area contributed by atoms with Gasteiger partial charge in [0, 0.05) is 18.8 Å². The predicted octanol–water partition coefficient (Wildman–Crippen LogP) is 1.89. The topological polar surface area (TPSA) is 42.2 Å². The Labute approximate surface area is 93.1 Å². The quantitative estimate of drug-likeness (QED) is 0.785. The highest BCUT2D eigenvalue weighted by Gasteiger charge is 1.97. The van der Waals surface area contributed by atoms with Crippen molar-refractivity contribution in [3.8, 4) is 0 Å². The Morgan fingerprint density at radius 2 is 2.40 bits per heavy atom. The second-order valence-corrected chi connectivity index (χ2v) is 4.21. The van der Waals surface area contributed by atoms with E-state index in [1.165, 1.54) is 5.75 Å². The van der Waals surface area contributed by atoms with Crippen LogP contribution < -0.4 is 5.32 Å². The van der Waals surface area contributed by atoms with Gasteiger partial charge < -0.3 is 5.32 Å². The molecule has 0 amide bonds. The van der Waals surface area contributed by atoms with E-state index in [0.717, 1.165) is 24.4 Å². The Bertz CT molecular complexity index is 426. The number of nitrogens with one attached hydrogen (secondary N) is 1. The van der Waals surface area contributed by atoms with Gasteiger partial charge in [-0.05, 0) is 24.5 Å². The molecule has 0 atom stereocenters. The zero-order chi connectivity index (χ0) is 10.5. The molecular weight excluding hydrogens is 208 g/mol. The zero-order valence-electron chi connectivity index (χ0n) is 8.68. The summed E-state index contributed by atoms with van der Waals surface area (Å²) in [7, 11) is 0. The van der Waals surface area contributed by atoms with E-state index < -0.39 is 0 Å². The maximum atomic E-state index is 4.42. The minimum absolute atomic E-state index is 0.880. The largest absolute Gasteiger partial charge is 0.370 e. The third-order valence-electron chi connectivity index (χ3n) is 2.09. The van der Waals surface area contributed by atoms with Gasteiger partial charge >= 0.3 is 0 Å². The van der Waals surface area contributed by atoms with Gasteiger partial charge in [-0.1, -0.05) is 0 Å². The SMILES string of the molecule is CSCCCNc1ccn2nccc2n1. The molecule has 1 N–H and O–H groups in total. The number of hydrogen-bond donors (Lipinski definition) is 1. The Kier molecular flexibility index (Phi) is 3.45. The molecule has 2 heterocycles. The van der Waals surface area contributed by atoms with Crippen LogP contribution in [0.1, 0.15) is 6.42 Å². The second-order valence-electron chi connectivity index (χ2n) is 3.22. The van der Waals surface area contributed by atoms with Gasteiger partial charge in [0.2, 0.25) is 0 Å². The number of nitrogens with zero attached hydrogens (tertiary/aromatic N) is 3. The summed E-state index contributed by atoms with van der Waals surface area (Å²) < 4.78 is 1.76. The fourth-order valence-corrected chi connectivity index (χ4v) is 1.78. The molecule has 80 valence electrons. The lowest BCUT2D eigenvalue weighted by molar-refractivity contribution is 0.929. The normalized spacial score (nSPS) is 10.7. The van der Waals surface area contributed by atoms with Crippen molar-refractivity contribution in [1.29, 1.82) is 0 Å². The molecule has 0 spiro atoms. The molecule has 2 aromatic rings. The number of hydrogen-bond acceptors (Lipinski definition) is 4. The maximum absolute atomic E-state index is 4.42. The second kappa shape index (κ2) is 5.02. The number of rotatable bonds is 5. The van der Waals surface area contributed by atoms with E-state index in [4.69, 9.17) is 0 Å². The summed E-state index contributed by atoms with van der Waals surface area (Å²) in [4.78, 5) is 4.42. The summed E-state index contributed by atoms with van der Waals surface area (Å²) in [6.45, 7) is 0.970. The van der Waals surface area contributed by atoms with Crippen molar-refractivity contribution >= 4 is 23.2 Å². The van der Waals surface area contributed by atoms with E-state index in [1.54, 1.807) is 10.7 Å². The summed E-state index contributed by atoms with van der Waals surface area (Å²) in [5.41, 5.74) is 0.880. The van der Waals surface area contributed by atoms with Crippen molar-refractivity contribution in [3.63, 3.8) is 0 Å². The third kappa shape index (κ3) is 2.62. The maximum Gasteiger partial charge on any atom is 0.157 e. The molecule has 2 aromatic heterocycles. The first-order valence-electron chi connectivity index (χ1n) is 4.93. The summed E-state index contributed by atoms with van der Waals surface area (Å²) in [5, 5.41) is 7.39. The molecule has 15 heavy (non-hydrogen) atoms. The summed E-state index contributed by atoms with van der Waals surface area (Å²) >= 11 is 1.87. The van der Waals surface area contributed by atoms with Crippen molar-refractivity contribution < 1.29 is 0 Å². The molecule has 0 aromatic carbocycles. The molecule has 0 bridgehead atoms. The van der Waals surface area contributed by atoms with Gasteiger partial charge in [0.1, 0.15) is 5.82 Å². The van der Waals surface area contributed by atoms with Crippen molar-refractivity contribution in [2.24, 2.45) is 0 Å². The van der Waals surface area contributed by atoms with Gasteiger partial charge in [-0.3, -0.25) is 0 Å². The Balaban J connectivity index is 1.96. The summed E-state index contributed by atoms with van der Waals surface area (Å²) in [6.07, 6.45) is 6.95. The van der Waals surface area contributed by atoms with E-state index in [-0.39, 0.29) is 0 Å². The van der Waals surface area contributed by atoms with Crippen LogP contribution >= 0.6 is 11.8 Å². The Morgan fingerprint density at radius 3 is 3.27 bits per heavy atom. The molecule has 0 aliphatic carbocycles. The summed E-state index contributed by atoms with van der Waals surface area (Å²) in [5.74, 6) is 2.10. The highest BCUT2D eigenvalue weighted by Crippen LogP contribution is 2.06. The van der Waals surface area contributed by atoms with Crippen molar-refractivity contribution in [2.75, 3.05) is 23.9 Å². The fourth-order valence-electron chi connectivity index (χ4n) is 1.34. The first-order valence-corrected chi connectivity index (χ1v) is 6.33. The molecule has 0 fully saturated rings. The van der Waals surface area contributed by atoms with Gasteiger partial charge in [-0.2, -0.15) is 16.9 Å². The van der Waals surface area contributed by atoms with Gasteiger partial charge in [0.25, 0.3) is 0 Å². The van der Waals surface area contributed by atoms with Gasteiger partial charge in [0.05, 0.1) is 6.20 Å². The van der Waals surface area contributed by atoms with E-state index in [2.05, 4.69) is 21.7 Å². The predicted molar refractivity (Wildman–Crippen MR) is 64.5 cm³/mol. The number of fused-ring (bicyclic) bond motifs is 1. The summed E-state index contributed by atoms with van der Waals surface area (Å²) in [6, 6.07) is 3.84. The lowest BCUT2D eigenvalue weighted by Gasteiger charge is -2.04. The average molecular weight is 222 g/mol. The number of thioether (sulfide) groups is 1. The van der Waals surface area contributed by atoms with Crippen LogP contribution in [0.2, 0.25) is 0 Å². The minimum Gasteiger partial charge on any atom is -0.370 e. The third-order valence-corrected chi connectivity index (χ3v) is 2.79. The zero-order valence-corrected chi connectivity index (χ0v) is 9.50. The average Bonchev–Trinajstić information content (AvgIpc) is 2.71. The molecule has 0 saturated heterocycles. The number of anilines is 1. The first kappa shape index (κ1) is 10.3. The molecule has 4 nitrogen and oxygen atoms in total. The van der Waals surface area contributed by atoms with E-state index >= 15 is 0 Å². The van der Waals surface area contributed by atoms with E-state index in [1.807, 2.05) is 30.1 Å². The van der Waals surface area contributed by atoms with Crippen molar-refractivity contribution in [2.45, 2.75) is 6.42 Å². The van der Waals surface area contributed by atoms with Crippen LogP contribution in [0.4, 0.5) is 5.82 Å². The molecule has 0 saturated carbocycles. The molecule has 0 radical (unpaired) electrons. The van der Waals surface area contributed by atoms with Crippen LogP contribution in [0.25, 0.3) is 5.65 Å². The van der Waals surface area contributed by atoms with Gasteiger partial charge in [-0.15, -0.1) is 0 Å². The van der Waals surface area contributed by atoms with E-state index in [0.29, 0.717) is 0 Å². The van der Waals surface area contributed by atoms with Crippen LogP contribution in [0.3, 0.4) is 0 Å². The van der Waals surface area contributed by atoms with E-state index in [9.17, 15) is 0 Å². The lowest BCUT2D eigenvalue weighted by atomic mass is 10.4. The van der Waals surface area contributed by atoms with Gasteiger partial charge in [-0.25, -0.2) is 9.50 Å². The fraction of sp³-hybridized carbons (Fsp3) is 0.400. The van der Waals surface area contributed by atoms with Crippen LogP contribution in [0, 0.1) is 0 Å². The molecule has 0 aliphatic heterocycles. The van der Waals surface area contributed by atoms with Crippen molar-refractivity contribution in [1.82, 2.24) is 14.6 Å². The molecule has 5 heteroatoms.